The zero-order valence-corrected chi connectivity index (χ0v) is 17.8. The Morgan fingerprint density at radius 2 is 1.74 bits per heavy atom. The fourth-order valence-corrected chi connectivity index (χ4v) is 4.80. The normalized spacial score (nSPS) is 15.8. The number of piperidine rings is 1. The topological polar surface area (TPSA) is 57.3 Å². The molecule has 0 saturated carbocycles. The molecule has 1 amide bonds. The van der Waals surface area contributed by atoms with Crippen molar-refractivity contribution in [3.8, 4) is 0 Å². The van der Waals surface area contributed by atoms with Gasteiger partial charge in [-0.25, -0.2) is 0 Å². The maximum Gasteiger partial charge on any atom is 0.254 e. The number of benzene rings is 1. The van der Waals surface area contributed by atoms with Crippen LogP contribution in [0.25, 0.3) is 5.57 Å². The van der Waals surface area contributed by atoms with Crippen molar-refractivity contribution >= 4 is 23.1 Å². The molecule has 1 N–H and O–H groups in total. The SMILES string of the molecule is O=C(c1cc[n+](O)cc1)N1CCC(=C2c3ccc(Cl)cc3CCc3cccnc32)CC1. The lowest BCUT2D eigenvalue weighted by Crippen LogP contribution is -2.37. The summed E-state index contributed by atoms with van der Waals surface area (Å²) in [6.45, 7) is 1.33. The number of aryl methyl sites for hydroxylation is 2. The van der Waals surface area contributed by atoms with Gasteiger partial charge in [0.1, 0.15) is 0 Å². The first-order chi connectivity index (χ1) is 15.1. The molecule has 0 radical (unpaired) electrons. The summed E-state index contributed by atoms with van der Waals surface area (Å²) < 4.78 is 0.940. The third-order valence-corrected chi connectivity index (χ3v) is 6.43. The van der Waals surface area contributed by atoms with Gasteiger partial charge >= 0.3 is 0 Å². The fourth-order valence-electron chi connectivity index (χ4n) is 4.61. The van der Waals surface area contributed by atoms with Crippen molar-refractivity contribution in [2.24, 2.45) is 0 Å². The Balaban J connectivity index is 1.49. The zero-order valence-electron chi connectivity index (χ0n) is 17.1. The minimum atomic E-state index is -0.00350. The van der Waals surface area contributed by atoms with Crippen LogP contribution in [0.4, 0.5) is 0 Å². The number of pyridine rings is 2. The first-order valence-electron chi connectivity index (χ1n) is 10.5. The van der Waals surface area contributed by atoms with E-state index < -0.39 is 0 Å². The smallest absolute Gasteiger partial charge is 0.254 e. The van der Waals surface area contributed by atoms with Crippen molar-refractivity contribution in [3.05, 3.63) is 99.6 Å². The van der Waals surface area contributed by atoms with Crippen LogP contribution in [0.15, 0.2) is 66.6 Å². The summed E-state index contributed by atoms with van der Waals surface area (Å²) in [6.07, 6.45) is 8.31. The highest BCUT2D eigenvalue weighted by Gasteiger charge is 2.27. The molecule has 0 unspecified atom stereocenters. The molecular weight excluding hydrogens is 410 g/mol. The molecule has 0 spiro atoms. The number of nitrogens with zero attached hydrogens (tertiary/aromatic N) is 3. The summed E-state index contributed by atoms with van der Waals surface area (Å²) >= 11 is 6.30. The predicted octanol–water partition coefficient (Wildman–Crippen LogP) is 4.10. The second-order valence-electron chi connectivity index (χ2n) is 8.05. The monoisotopic (exact) mass is 432 g/mol. The van der Waals surface area contributed by atoms with Gasteiger partial charge in [-0.05, 0) is 60.6 Å². The van der Waals surface area contributed by atoms with Crippen molar-refractivity contribution in [1.82, 2.24) is 9.88 Å². The average molecular weight is 433 g/mol. The summed E-state index contributed by atoms with van der Waals surface area (Å²) in [5.41, 5.74) is 7.94. The number of hydrogen-bond acceptors (Lipinski definition) is 3. The molecule has 156 valence electrons. The molecule has 1 aliphatic carbocycles. The largest absolute Gasteiger partial charge is 0.338 e. The third-order valence-electron chi connectivity index (χ3n) is 6.20. The summed E-state index contributed by atoms with van der Waals surface area (Å²) in [6, 6.07) is 13.6. The van der Waals surface area contributed by atoms with Crippen molar-refractivity contribution in [3.63, 3.8) is 0 Å². The Kier molecular flexibility index (Phi) is 5.20. The molecule has 0 atom stereocenters. The molecule has 3 aromatic rings. The van der Waals surface area contributed by atoms with Crippen molar-refractivity contribution in [2.75, 3.05) is 13.1 Å². The lowest BCUT2D eigenvalue weighted by Gasteiger charge is -2.30. The van der Waals surface area contributed by atoms with Crippen molar-refractivity contribution in [1.29, 1.82) is 0 Å². The number of carbonyl (C=O) groups is 1. The van der Waals surface area contributed by atoms with Crippen LogP contribution in [0.5, 0.6) is 0 Å². The highest BCUT2D eigenvalue weighted by molar-refractivity contribution is 6.30. The number of halogens is 1. The number of rotatable bonds is 1. The van der Waals surface area contributed by atoms with Crippen molar-refractivity contribution in [2.45, 2.75) is 25.7 Å². The summed E-state index contributed by atoms with van der Waals surface area (Å²) in [4.78, 5) is 19.5. The molecule has 1 aliphatic heterocycles. The van der Waals surface area contributed by atoms with Gasteiger partial charge in [0.15, 0.2) is 0 Å². The first kappa shape index (κ1) is 19.8. The maximum atomic E-state index is 12.9. The van der Waals surface area contributed by atoms with E-state index in [4.69, 9.17) is 16.6 Å². The molecule has 2 aromatic heterocycles. The van der Waals surface area contributed by atoms with Gasteiger partial charge in [0, 0.05) is 46.7 Å². The molecule has 1 aromatic carbocycles. The number of likely N-dealkylation sites (tertiary alicyclic amines) is 1. The summed E-state index contributed by atoms with van der Waals surface area (Å²) in [5, 5.41) is 10.2. The quantitative estimate of drug-likeness (QED) is 0.465. The Hall–Kier alpha value is -3.18. The Bertz CT molecular complexity index is 1180. The average Bonchev–Trinajstić information content (AvgIpc) is 2.96. The zero-order chi connectivity index (χ0) is 21.4. The molecule has 5 nitrogen and oxygen atoms in total. The van der Waals surface area contributed by atoms with E-state index >= 15 is 0 Å². The number of fused-ring (bicyclic) bond motifs is 2. The van der Waals surface area contributed by atoms with Gasteiger partial charge in [-0.2, -0.15) is 0 Å². The van der Waals surface area contributed by atoms with Gasteiger partial charge in [0.05, 0.1) is 11.3 Å². The van der Waals surface area contributed by atoms with Gasteiger partial charge < -0.3 is 4.90 Å². The highest BCUT2D eigenvalue weighted by Crippen LogP contribution is 2.38. The highest BCUT2D eigenvalue weighted by atomic mass is 35.5. The van der Waals surface area contributed by atoms with Crippen LogP contribution in [0.2, 0.25) is 5.02 Å². The van der Waals surface area contributed by atoms with Crippen LogP contribution in [-0.2, 0) is 12.8 Å². The molecule has 5 rings (SSSR count). The second kappa shape index (κ2) is 8.16. The fraction of sp³-hybridized carbons (Fsp3) is 0.240. The van der Waals surface area contributed by atoms with E-state index in [0.29, 0.717) is 18.7 Å². The Morgan fingerprint density at radius 1 is 1.00 bits per heavy atom. The summed E-state index contributed by atoms with van der Waals surface area (Å²) in [5.74, 6) is -0.00350. The number of amides is 1. The summed E-state index contributed by atoms with van der Waals surface area (Å²) in [7, 11) is 0. The second-order valence-corrected chi connectivity index (χ2v) is 8.49. The van der Waals surface area contributed by atoms with Crippen LogP contribution in [0.1, 0.15) is 45.6 Å². The van der Waals surface area contributed by atoms with E-state index in [0.717, 1.165) is 41.1 Å². The predicted molar refractivity (Wildman–Crippen MR) is 118 cm³/mol. The van der Waals surface area contributed by atoms with Crippen LogP contribution < -0.4 is 4.73 Å². The van der Waals surface area contributed by atoms with E-state index in [9.17, 15) is 10.0 Å². The lowest BCUT2D eigenvalue weighted by molar-refractivity contribution is -0.904. The van der Waals surface area contributed by atoms with Gasteiger partial charge in [0.2, 0.25) is 12.4 Å². The molecular formula is C25H23ClN3O2+. The molecule has 3 heterocycles. The van der Waals surface area contributed by atoms with E-state index in [-0.39, 0.29) is 5.91 Å². The molecule has 31 heavy (non-hydrogen) atoms. The first-order valence-corrected chi connectivity index (χ1v) is 10.9. The molecule has 1 saturated heterocycles. The van der Waals surface area contributed by atoms with Crippen molar-refractivity contribution < 1.29 is 14.7 Å². The molecule has 2 aliphatic rings. The third kappa shape index (κ3) is 3.81. The number of carbonyl (C=O) groups excluding carboxylic acids is 1. The van der Waals surface area contributed by atoms with Gasteiger partial charge in [0.25, 0.3) is 5.91 Å². The standard InChI is InChI=1S/C25H23ClN3O2/c26-21-5-6-22-20(16-21)4-3-18-2-1-11-27-24(18)23(22)17-7-12-28(13-8-17)25(30)19-9-14-29(31)15-10-19/h1-2,5-6,9-11,14-16,31H,3-4,7-8,12-13H2/q+1. The molecule has 6 heteroatoms. The Morgan fingerprint density at radius 3 is 2.52 bits per heavy atom. The van der Waals surface area contributed by atoms with Crippen LogP contribution in [0, 0.1) is 0 Å². The minimum absolute atomic E-state index is 0.00350. The van der Waals surface area contributed by atoms with E-state index in [1.165, 1.54) is 40.2 Å². The van der Waals surface area contributed by atoms with Crippen LogP contribution in [0.3, 0.4) is 0 Å². The van der Waals surface area contributed by atoms with E-state index in [1.807, 2.05) is 23.2 Å². The van der Waals surface area contributed by atoms with Crippen LogP contribution in [-0.4, -0.2) is 34.1 Å². The Labute approximate surface area is 186 Å². The van der Waals surface area contributed by atoms with Gasteiger partial charge in [-0.15, -0.1) is 0 Å². The number of hydrogen-bond donors (Lipinski definition) is 1. The molecule has 1 fully saturated rings. The number of aromatic nitrogens is 2. The molecule has 0 bridgehead atoms. The van der Waals surface area contributed by atoms with Gasteiger partial charge in [-0.1, -0.05) is 29.3 Å². The van der Waals surface area contributed by atoms with E-state index in [2.05, 4.69) is 18.2 Å². The minimum Gasteiger partial charge on any atom is -0.338 e. The maximum absolute atomic E-state index is 12.9. The lowest BCUT2D eigenvalue weighted by atomic mass is 9.88. The van der Waals surface area contributed by atoms with E-state index in [1.54, 1.807) is 12.1 Å². The van der Waals surface area contributed by atoms with Gasteiger partial charge in [-0.3, -0.25) is 15.0 Å². The van der Waals surface area contributed by atoms with Crippen LogP contribution >= 0.6 is 11.6 Å².